The molecule has 2 rings (SSSR count). The van der Waals surface area contributed by atoms with E-state index in [0.29, 0.717) is 30.4 Å². The smallest absolute Gasteiger partial charge is 0.325 e. The van der Waals surface area contributed by atoms with Gasteiger partial charge >= 0.3 is 6.03 Å². The number of rotatable bonds is 7. The van der Waals surface area contributed by atoms with Crippen LogP contribution in [0.25, 0.3) is 0 Å². The highest BCUT2D eigenvalue weighted by Crippen LogP contribution is 2.30. The second-order valence-corrected chi connectivity index (χ2v) is 7.12. The summed E-state index contributed by atoms with van der Waals surface area (Å²) in [5.74, 6) is 1.89. The first-order chi connectivity index (χ1) is 12.1. The van der Waals surface area contributed by atoms with Gasteiger partial charge in [-0.25, -0.2) is 4.79 Å². The average Bonchev–Trinajstić information content (AvgIpc) is 3.09. The molecule has 0 radical (unpaired) electrons. The number of benzene rings is 1. The van der Waals surface area contributed by atoms with E-state index in [2.05, 4.69) is 15.6 Å². The lowest BCUT2D eigenvalue weighted by Crippen LogP contribution is -2.35. The van der Waals surface area contributed by atoms with Crippen LogP contribution >= 0.6 is 23.5 Å². The van der Waals surface area contributed by atoms with Gasteiger partial charge in [0.15, 0.2) is 11.5 Å². The Kier molecular flexibility index (Phi) is 7.93. The number of aliphatic imine (C=N–C) groups is 1. The van der Waals surface area contributed by atoms with Crippen molar-refractivity contribution in [1.82, 2.24) is 5.32 Å². The van der Waals surface area contributed by atoms with Crippen molar-refractivity contribution in [1.29, 1.82) is 0 Å². The SMILES string of the molecule is CCOc1ccc(NC(=O)NC(=O)CSC2=NCCS2)cc1OCC. The summed E-state index contributed by atoms with van der Waals surface area (Å²) in [7, 11) is 0. The van der Waals surface area contributed by atoms with Gasteiger partial charge in [0.1, 0.15) is 4.38 Å². The maximum Gasteiger partial charge on any atom is 0.325 e. The number of nitrogens with zero attached hydrogens (tertiary/aromatic N) is 1. The van der Waals surface area contributed by atoms with E-state index < -0.39 is 6.03 Å². The highest BCUT2D eigenvalue weighted by atomic mass is 32.2. The molecule has 0 saturated carbocycles. The molecule has 136 valence electrons. The Balaban J connectivity index is 1.86. The van der Waals surface area contributed by atoms with Crippen LogP contribution in [0.2, 0.25) is 0 Å². The van der Waals surface area contributed by atoms with Crippen molar-refractivity contribution in [3.05, 3.63) is 18.2 Å². The minimum Gasteiger partial charge on any atom is -0.490 e. The van der Waals surface area contributed by atoms with Crippen LogP contribution < -0.4 is 20.1 Å². The lowest BCUT2D eigenvalue weighted by molar-refractivity contribution is -0.117. The predicted molar refractivity (Wildman–Crippen MR) is 103 cm³/mol. The molecule has 0 aromatic heterocycles. The van der Waals surface area contributed by atoms with Crippen LogP contribution in [-0.4, -0.2) is 47.6 Å². The third-order valence-electron chi connectivity index (χ3n) is 2.94. The van der Waals surface area contributed by atoms with Crippen molar-refractivity contribution in [2.24, 2.45) is 4.99 Å². The molecule has 25 heavy (non-hydrogen) atoms. The average molecular weight is 383 g/mol. The van der Waals surface area contributed by atoms with E-state index in [1.807, 2.05) is 13.8 Å². The van der Waals surface area contributed by atoms with Crippen LogP contribution in [0.3, 0.4) is 0 Å². The summed E-state index contributed by atoms with van der Waals surface area (Å²) in [6.45, 7) is 5.53. The predicted octanol–water partition coefficient (Wildman–Crippen LogP) is 2.97. The van der Waals surface area contributed by atoms with Crippen molar-refractivity contribution in [2.75, 3.05) is 36.6 Å². The van der Waals surface area contributed by atoms with Crippen LogP contribution in [0.15, 0.2) is 23.2 Å². The summed E-state index contributed by atoms with van der Waals surface area (Å²) in [5, 5.41) is 4.92. The molecule has 0 unspecified atom stereocenters. The lowest BCUT2D eigenvalue weighted by Gasteiger charge is -2.13. The second kappa shape index (κ2) is 10.2. The molecule has 1 heterocycles. The molecule has 9 heteroatoms. The molecule has 2 N–H and O–H groups in total. The summed E-state index contributed by atoms with van der Waals surface area (Å²) in [4.78, 5) is 28.0. The molecule has 0 fully saturated rings. The van der Waals surface area contributed by atoms with Crippen LogP contribution in [0.1, 0.15) is 13.8 Å². The maximum absolute atomic E-state index is 11.9. The zero-order chi connectivity index (χ0) is 18.1. The van der Waals surface area contributed by atoms with Gasteiger partial charge in [-0.15, -0.1) is 0 Å². The van der Waals surface area contributed by atoms with Gasteiger partial charge in [0.2, 0.25) is 5.91 Å². The number of carbonyl (C=O) groups is 2. The van der Waals surface area contributed by atoms with Gasteiger partial charge in [-0.3, -0.25) is 15.1 Å². The van der Waals surface area contributed by atoms with Gasteiger partial charge < -0.3 is 14.8 Å². The Morgan fingerprint density at radius 3 is 2.68 bits per heavy atom. The monoisotopic (exact) mass is 383 g/mol. The molecule has 1 aromatic rings. The van der Waals surface area contributed by atoms with Gasteiger partial charge in [0, 0.05) is 17.5 Å². The Labute approximate surface area is 155 Å². The van der Waals surface area contributed by atoms with E-state index in [0.717, 1.165) is 16.7 Å². The second-order valence-electron chi connectivity index (χ2n) is 4.81. The van der Waals surface area contributed by atoms with E-state index in [9.17, 15) is 9.59 Å². The molecule has 7 nitrogen and oxygen atoms in total. The van der Waals surface area contributed by atoms with E-state index >= 15 is 0 Å². The molecule has 0 aliphatic carbocycles. The van der Waals surface area contributed by atoms with Crippen LogP contribution in [-0.2, 0) is 4.79 Å². The number of urea groups is 1. The standard InChI is InChI=1S/C16H21N3O4S2/c1-3-22-12-6-5-11(9-13(12)23-4-2)18-15(21)19-14(20)10-25-16-17-7-8-24-16/h5-6,9H,3-4,7-8,10H2,1-2H3,(H2,18,19,20,21). The van der Waals surface area contributed by atoms with Crippen molar-refractivity contribution in [3.63, 3.8) is 0 Å². The third-order valence-corrected chi connectivity index (χ3v) is 5.19. The van der Waals surface area contributed by atoms with Crippen molar-refractivity contribution in [3.8, 4) is 11.5 Å². The number of nitrogens with one attached hydrogen (secondary N) is 2. The fraction of sp³-hybridized carbons (Fsp3) is 0.438. The number of amides is 3. The van der Waals surface area contributed by atoms with Crippen LogP contribution in [0, 0.1) is 0 Å². The number of ether oxygens (including phenoxy) is 2. The quantitative estimate of drug-likeness (QED) is 0.752. The highest BCUT2D eigenvalue weighted by molar-refractivity contribution is 8.39. The summed E-state index contributed by atoms with van der Waals surface area (Å²) < 4.78 is 11.9. The van der Waals surface area contributed by atoms with E-state index in [1.165, 1.54) is 11.8 Å². The molecular formula is C16H21N3O4S2. The Bertz CT molecular complexity index is 652. The van der Waals surface area contributed by atoms with Gasteiger partial charge in [-0.05, 0) is 26.0 Å². The van der Waals surface area contributed by atoms with Gasteiger partial charge in [-0.1, -0.05) is 23.5 Å². The summed E-state index contributed by atoms with van der Waals surface area (Å²) in [5.41, 5.74) is 0.514. The molecule has 0 bridgehead atoms. The molecule has 0 saturated heterocycles. The van der Waals surface area contributed by atoms with Crippen LogP contribution in [0.4, 0.5) is 10.5 Å². The van der Waals surface area contributed by atoms with Crippen molar-refractivity contribution >= 4 is 45.5 Å². The summed E-state index contributed by atoms with van der Waals surface area (Å²) >= 11 is 2.97. The van der Waals surface area contributed by atoms with Crippen molar-refractivity contribution < 1.29 is 19.1 Å². The fourth-order valence-electron chi connectivity index (χ4n) is 1.98. The minimum atomic E-state index is -0.585. The molecule has 0 spiro atoms. The number of imide groups is 1. The molecular weight excluding hydrogens is 362 g/mol. The van der Waals surface area contributed by atoms with E-state index in [-0.39, 0.29) is 11.7 Å². The van der Waals surface area contributed by atoms with Gasteiger partial charge in [0.05, 0.1) is 25.5 Å². The summed E-state index contributed by atoms with van der Waals surface area (Å²) in [6.07, 6.45) is 0. The van der Waals surface area contributed by atoms with Crippen LogP contribution in [0.5, 0.6) is 11.5 Å². The minimum absolute atomic E-state index is 0.159. The fourth-order valence-corrected chi connectivity index (χ4v) is 3.79. The van der Waals surface area contributed by atoms with Gasteiger partial charge in [0.25, 0.3) is 0 Å². The lowest BCUT2D eigenvalue weighted by atomic mass is 10.2. The maximum atomic E-state index is 11.9. The third kappa shape index (κ3) is 6.50. The topological polar surface area (TPSA) is 89.0 Å². The number of anilines is 1. The number of hydrogen-bond acceptors (Lipinski definition) is 7. The zero-order valence-corrected chi connectivity index (χ0v) is 15.8. The number of hydrogen-bond donors (Lipinski definition) is 2. The molecule has 1 aromatic carbocycles. The first kappa shape index (κ1) is 19.5. The molecule has 1 aliphatic rings. The molecule has 1 aliphatic heterocycles. The normalized spacial score (nSPS) is 13.1. The number of thioether (sulfide) groups is 2. The first-order valence-corrected chi connectivity index (χ1v) is 9.90. The number of carbonyl (C=O) groups excluding carboxylic acids is 2. The summed E-state index contributed by atoms with van der Waals surface area (Å²) in [6, 6.07) is 4.49. The Morgan fingerprint density at radius 2 is 2.00 bits per heavy atom. The highest BCUT2D eigenvalue weighted by Gasteiger charge is 2.13. The molecule has 0 atom stereocenters. The van der Waals surface area contributed by atoms with E-state index in [1.54, 1.807) is 30.0 Å². The first-order valence-electron chi connectivity index (χ1n) is 7.93. The van der Waals surface area contributed by atoms with E-state index in [4.69, 9.17) is 9.47 Å². The van der Waals surface area contributed by atoms with Crippen molar-refractivity contribution in [2.45, 2.75) is 13.8 Å². The van der Waals surface area contributed by atoms with Gasteiger partial charge in [-0.2, -0.15) is 0 Å². The molecule has 3 amide bonds. The zero-order valence-electron chi connectivity index (χ0n) is 14.2. The Morgan fingerprint density at radius 1 is 1.24 bits per heavy atom. The largest absolute Gasteiger partial charge is 0.490 e. The Hall–Kier alpha value is -1.87.